The smallest absolute Gasteiger partial charge is 0.303 e. The van der Waals surface area contributed by atoms with Crippen molar-refractivity contribution in [3.8, 4) is 5.75 Å². The second kappa shape index (κ2) is 8.99. The van der Waals surface area contributed by atoms with E-state index < -0.39 is 5.97 Å². The highest BCUT2D eigenvalue weighted by atomic mass is 16.5. The minimum absolute atomic E-state index is 0.161. The lowest BCUT2D eigenvalue weighted by Gasteiger charge is -2.26. The summed E-state index contributed by atoms with van der Waals surface area (Å²) >= 11 is 0. The second-order valence-electron chi connectivity index (χ2n) is 7.67. The van der Waals surface area contributed by atoms with Crippen LogP contribution in [0.15, 0.2) is 78.4 Å². The highest BCUT2D eigenvalue weighted by Gasteiger charge is 2.32. The number of carboxylic acid groups (broad SMARTS) is 1. The van der Waals surface area contributed by atoms with Gasteiger partial charge in [0.25, 0.3) is 0 Å². The molecule has 2 heterocycles. The van der Waals surface area contributed by atoms with Crippen molar-refractivity contribution in [1.82, 2.24) is 9.88 Å². The third-order valence-corrected chi connectivity index (χ3v) is 5.80. The molecule has 0 bridgehead atoms. The van der Waals surface area contributed by atoms with Crippen molar-refractivity contribution in [1.29, 1.82) is 0 Å². The maximum Gasteiger partial charge on any atom is 0.303 e. The SMILES string of the molecule is COc1ccc(CCN2C=C(CCC(=O)O)C3CC(c4cccnc4)=CC=C32)cc1. The quantitative estimate of drug-likeness (QED) is 0.694. The molecule has 0 saturated carbocycles. The molecule has 0 fully saturated rings. The van der Waals surface area contributed by atoms with E-state index >= 15 is 0 Å². The number of allylic oxidation sites excluding steroid dienone is 4. The summed E-state index contributed by atoms with van der Waals surface area (Å²) in [7, 11) is 1.67. The zero-order valence-corrected chi connectivity index (χ0v) is 17.1. The minimum Gasteiger partial charge on any atom is -0.497 e. The molecular weight excluding hydrogens is 376 g/mol. The molecule has 1 aliphatic carbocycles. The summed E-state index contributed by atoms with van der Waals surface area (Å²) in [6.07, 6.45) is 12.7. The maximum absolute atomic E-state index is 11.2. The van der Waals surface area contributed by atoms with Crippen molar-refractivity contribution in [2.45, 2.75) is 25.7 Å². The van der Waals surface area contributed by atoms with Gasteiger partial charge >= 0.3 is 5.97 Å². The van der Waals surface area contributed by atoms with Crippen molar-refractivity contribution in [2.24, 2.45) is 5.92 Å². The van der Waals surface area contributed by atoms with Gasteiger partial charge in [0.2, 0.25) is 0 Å². The number of carboxylic acids is 1. The molecule has 1 aliphatic heterocycles. The molecule has 0 saturated heterocycles. The second-order valence-corrected chi connectivity index (χ2v) is 7.67. The van der Waals surface area contributed by atoms with Crippen LogP contribution in [0.25, 0.3) is 5.57 Å². The lowest BCUT2D eigenvalue weighted by atomic mass is 9.83. The van der Waals surface area contributed by atoms with Crippen LogP contribution < -0.4 is 4.74 Å². The van der Waals surface area contributed by atoms with Crippen LogP contribution in [0.1, 0.15) is 30.4 Å². The molecular formula is C25H26N2O3. The fraction of sp³-hybridized carbons (Fsp3) is 0.280. The molecule has 0 amide bonds. The Balaban J connectivity index is 1.53. The van der Waals surface area contributed by atoms with Gasteiger partial charge < -0.3 is 14.7 Å². The number of benzene rings is 1. The standard InChI is InChI=1S/C25H26N2O3/c1-30-22-8-4-18(5-9-22)12-14-27-17-21(7-11-25(28)29)23-15-19(6-10-24(23)27)20-3-2-13-26-16-20/h2-6,8-10,13,16-17,23H,7,11-12,14-15H2,1H3,(H,28,29). The third kappa shape index (κ3) is 4.46. The number of aromatic nitrogens is 1. The van der Waals surface area contributed by atoms with Crippen molar-refractivity contribution in [3.63, 3.8) is 0 Å². The van der Waals surface area contributed by atoms with Gasteiger partial charge in [0, 0.05) is 43.2 Å². The first kappa shape index (κ1) is 20.0. The molecule has 4 rings (SSSR count). The van der Waals surface area contributed by atoms with Crippen LogP contribution in [0.2, 0.25) is 0 Å². The topological polar surface area (TPSA) is 62.7 Å². The van der Waals surface area contributed by atoms with Gasteiger partial charge in [0.1, 0.15) is 5.75 Å². The van der Waals surface area contributed by atoms with Gasteiger partial charge in [-0.2, -0.15) is 0 Å². The zero-order chi connectivity index (χ0) is 20.9. The zero-order valence-electron chi connectivity index (χ0n) is 17.1. The Labute approximate surface area is 177 Å². The Hall–Kier alpha value is -3.34. The Morgan fingerprint density at radius 3 is 2.73 bits per heavy atom. The van der Waals surface area contributed by atoms with Crippen molar-refractivity contribution in [2.75, 3.05) is 13.7 Å². The number of carbonyl (C=O) groups is 1. The molecule has 2 aromatic rings. The maximum atomic E-state index is 11.2. The summed E-state index contributed by atoms with van der Waals surface area (Å²) in [4.78, 5) is 17.7. The summed E-state index contributed by atoms with van der Waals surface area (Å²) < 4.78 is 5.24. The Morgan fingerprint density at radius 2 is 2.03 bits per heavy atom. The summed E-state index contributed by atoms with van der Waals surface area (Å²) in [5.74, 6) is 0.344. The molecule has 2 aliphatic rings. The molecule has 154 valence electrons. The average molecular weight is 402 g/mol. The lowest BCUT2D eigenvalue weighted by Crippen LogP contribution is -2.21. The molecule has 5 nitrogen and oxygen atoms in total. The highest BCUT2D eigenvalue weighted by molar-refractivity contribution is 5.70. The summed E-state index contributed by atoms with van der Waals surface area (Å²) in [6, 6.07) is 12.2. The molecule has 30 heavy (non-hydrogen) atoms. The average Bonchev–Trinajstić information content (AvgIpc) is 3.14. The fourth-order valence-corrected chi connectivity index (χ4v) is 4.17. The van der Waals surface area contributed by atoms with Crippen molar-refractivity contribution >= 4 is 11.5 Å². The summed E-state index contributed by atoms with van der Waals surface area (Å²) in [5, 5.41) is 9.18. The van der Waals surface area contributed by atoms with Gasteiger partial charge in [0.05, 0.1) is 7.11 Å². The Kier molecular flexibility index (Phi) is 5.98. The van der Waals surface area contributed by atoms with E-state index in [1.807, 2.05) is 24.4 Å². The number of hydrogen-bond acceptors (Lipinski definition) is 4. The highest BCUT2D eigenvalue weighted by Crippen LogP contribution is 2.43. The van der Waals surface area contributed by atoms with Crippen LogP contribution in [-0.4, -0.2) is 34.6 Å². The lowest BCUT2D eigenvalue weighted by molar-refractivity contribution is -0.136. The van der Waals surface area contributed by atoms with Crippen LogP contribution in [0.5, 0.6) is 5.75 Å². The Bertz CT molecular complexity index is 991. The molecule has 0 radical (unpaired) electrons. The summed E-state index contributed by atoms with van der Waals surface area (Å²) in [5.41, 5.74) is 6.09. The largest absolute Gasteiger partial charge is 0.497 e. The van der Waals surface area contributed by atoms with E-state index in [2.05, 4.69) is 46.4 Å². The number of pyridine rings is 1. The summed E-state index contributed by atoms with van der Waals surface area (Å²) in [6.45, 7) is 0.862. The van der Waals surface area contributed by atoms with Crippen LogP contribution in [0, 0.1) is 5.92 Å². The molecule has 1 unspecified atom stereocenters. The normalized spacial score (nSPS) is 17.7. The molecule has 1 N–H and O–H groups in total. The first-order valence-electron chi connectivity index (χ1n) is 10.3. The van der Waals surface area contributed by atoms with E-state index in [9.17, 15) is 9.90 Å². The van der Waals surface area contributed by atoms with Crippen LogP contribution >= 0.6 is 0 Å². The van der Waals surface area contributed by atoms with Gasteiger partial charge in [-0.15, -0.1) is 0 Å². The van der Waals surface area contributed by atoms with E-state index in [4.69, 9.17) is 4.74 Å². The molecule has 1 aromatic carbocycles. The first-order chi connectivity index (χ1) is 14.6. The van der Waals surface area contributed by atoms with E-state index in [0.29, 0.717) is 6.42 Å². The fourth-order valence-electron chi connectivity index (χ4n) is 4.17. The van der Waals surface area contributed by atoms with Gasteiger partial charge in [-0.05, 0) is 65.8 Å². The Morgan fingerprint density at radius 1 is 1.20 bits per heavy atom. The first-order valence-corrected chi connectivity index (χ1v) is 10.3. The number of nitrogens with zero attached hydrogens (tertiary/aromatic N) is 2. The number of rotatable bonds is 8. The van der Waals surface area contributed by atoms with Gasteiger partial charge in [-0.25, -0.2) is 0 Å². The van der Waals surface area contributed by atoms with Gasteiger partial charge in [-0.3, -0.25) is 9.78 Å². The predicted octanol–water partition coefficient (Wildman–Crippen LogP) is 4.68. The minimum atomic E-state index is -0.753. The van der Waals surface area contributed by atoms with Crippen LogP contribution in [-0.2, 0) is 11.2 Å². The van der Waals surface area contributed by atoms with Crippen LogP contribution in [0.3, 0.4) is 0 Å². The number of aliphatic carboxylic acids is 1. The van der Waals surface area contributed by atoms with E-state index in [-0.39, 0.29) is 12.3 Å². The monoisotopic (exact) mass is 402 g/mol. The van der Waals surface area contributed by atoms with Crippen molar-refractivity contribution < 1.29 is 14.6 Å². The van der Waals surface area contributed by atoms with Crippen molar-refractivity contribution in [3.05, 3.63) is 89.5 Å². The van der Waals surface area contributed by atoms with E-state index in [0.717, 1.165) is 30.7 Å². The number of hydrogen-bond donors (Lipinski definition) is 1. The molecule has 5 heteroatoms. The van der Waals surface area contributed by atoms with Gasteiger partial charge in [0.15, 0.2) is 0 Å². The number of fused-ring (bicyclic) bond motifs is 1. The van der Waals surface area contributed by atoms with Gasteiger partial charge in [-0.1, -0.05) is 24.3 Å². The number of ether oxygens (including phenoxy) is 1. The van der Waals surface area contributed by atoms with E-state index in [1.54, 1.807) is 13.3 Å². The molecule has 1 aromatic heterocycles. The van der Waals surface area contributed by atoms with E-state index in [1.165, 1.54) is 22.4 Å². The number of methoxy groups -OCH3 is 1. The third-order valence-electron chi connectivity index (χ3n) is 5.80. The molecule has 1 atom stereocenters. The predicted molar refractivity (Wildman–Crippen MR) is 117 cm³/mol. The molecule has 0 spiro atoms. The van der Waals surface area contributed by atoms with Crippen LogP contribution in [0.4, 0.5) is 0 Å².